The minimum absolute atomic E-state index is 0.106. The highest BCUT2D eigenvalue weighted by Crippen LogP contribution is 2.30. The summed E-state index contributed by atoms with van der Waals surface area (Å²) in [5.41, 5.74) is 2.89. The summed E-state index contributed by atoms with van der Waals surface area (Å²) in [5.74, 6) is 0.649. The summed E-state index contributed by atoms with van der Waals surface area (Å²) in [7, 11) is 0. The summed E-state index contributed by atoms with van der Waals surface area (Å²) < 4.78 is 2.50. The van der Waals surface area contributed by atoms with E-state index in [0.717, 1.165) is 21.5 Å². The zero-order chi connectivity index (χ0) is 20.2. The number of amides is 1. The average Bonchev–Trinajstić information content (AvgIpc) is 3.13. The quantitative estimate of drug-likeness (QED) is 0.402. The number of benzene rings is 2. The topological polar surface area (TPSA) is 71.3 Å². The first-order chi connectivity index (χ1) is 14.1. The highest BCUT2D eigenvalue weighted by atomic mass is 79.9. The van der Waals surface area contributed by atoms with Crippen molar-refractivity contribution in [1.29, 1.82) is 0 Å². The molecule has 146 valence electrons. The van der Waals surface area contributed by atoms with Gasteiger partial charge in [0.05, 0.1) is 16.4 Å². The molecule has 0 aliphatic heterocycles. The number of nitrogens with zero attached hydrogens (tertiary/aromatic N) is 3. The molecular weight excluding hydrogens is 454 g/mol. The van der Waals surface area contributed by atoms with Gasteiger partial charge in [-0.05, 0) is 34.1 Å². The Kier molecular flexibility index (Phi) is 5.78. The van der Waals surface area contributed by atoms with E-state index >= 15 is 0 Å². The SMILES string of the molecule is O=C(NCCNc1cc(-c2ccccc2Cl)nc2c(Br)cnn12)c1ccccc1. The maximum Gasteiger partial charge on any atom is 0.251 e. The van der Waals surface area contributed by atoms with Crippen molar-refractivity contribution in [2.24, 2.45) is 0 Å². The second-order valence-electron chi connectivity index (χ2n) is 6.28. The highest BCUT2D eigenvalue weighted by Gasteiger charge is 2.13. The van der Waals surface area contributed by atoms with Gasteiger partial charge in [-0.25, -0.2) is 4.98 Å². The lowest BCUT2D eigenvalue weighted by Gasteiger charge is -2.12. The van der Waals surface area contributed by atoms with Crippen LogP contribution < -0.4 is 10.6 Å². The third kappa shape index (κ3) is 4.26. The van der Waals surface area contributed by atoms with Crippen LogP contribution in [0.25, 0.3) is 16.9 Å². The van der Waals surface area contributed by atoms with Crippen LogP contribution in [0.2, 0.25) is 5.02 Å². The number of carbonyl (C=O) groups is 1. The number of nitrogens with one attached hydrogen (secondary N) is 2. The Hall–Kier alpha value is -2.90. The molecule has 4 rings (SSSR count). The molecule has 0 spiro atoms. The maximum atomic E-state index is 12.2. The molecule has 1 amide bonds. The van der Waals surface area contributed by atoms with Gasteiger partial charge in [0, 0.05) is 35.3 Å². The van der Waals surface area contributed by atoms with Crippen molar-refractivity contribution in [1.82, 2.24) is 19.9 Å². The van der Waals surface area contributed by atoms with Crippen molar-refractivity contribution < 1.29 is 4.79 Å². The number of halogens is 2. The molecule has 2 heterocycles. The van der Waals surface area contributed by atoms with Crippen LogP contribution in [0.4, 0.5) is 5.82 Å². The molecule has 0 fully saturated rings. The van der Waals surface area contributed by atoms with Crippen LogP contribution in [0.1, 0.15) is 10.4 Å². The smallest absolute Gasteiger partial charge is 0.251 e. The van der Waals surface area contributed by atoms with Gasteiger partial charge in [0.15, 0.2) is 5.65 Å². The molecular formula is C21H17BrClN5O. The summed E-state index contributed by atoms with van der Waals surface area (Å²) in [4.78, 5) is 16.8. The van der Waals surface area contributed by atoms with E-state index < -0.39 is 0 Å². The number of fused-ring (bicyclic) bond motifs is 1. The van der Waals surface area contributed by atoms with Gasteiger partial charge >= 0.3 is 0 Å². The van der Waals surface area contributed by atoms with Crippen LogP contribution in [-0.4, -0.2) is 33.6 Å². The van der Waals surface area contributed by atoms with Gasteiger partial charge in [0.1, 0.15) is 5.82 Å². The van der Waals surface area contributed by atoms with Gasteiger partial charge in [-0.3, -0.25) is 4.79 Å². The Morgan fingerprint density at radius 1 is 1.07 bits per heavy atom. The fraction of sp³-hybridized carbons (Fsp3) is 0.0952. The fourth-order valence-electron chi connectivity index (χ4n) is 2.93. The molecule has 0 unspecified atom stereocenters. The average molecular weight is 471 g/mol. The van der Waals surface area contributed by atoms with Crippen LogP contribution in [0, 0.1) is 0 Å². The number of rotatable bonds is 6. The molecule has 8 heteroatoms. The number of anilines is 1. The molecule has 2 N–H and O–H groups in total. The van der Waals surface area contributed by atoms with E-state index in [1.807, 2.05) is 48.5 Å². The molecule has 0 radical (unpaired) electrons. The molecule has 0 atom stereocenters. The Morgan fingerprint density at radius 2 is 1.83 bits per heavy atom. The summed E-state index contributed by atoms with van der Waals surface area (Å²) >= 11 is 9.84. The summed E-state index contributed by atoms with van der Waals surface area (Å²) in [6.07, 6.45) is 1.70. The van der Waals surface area contributed by atoms with E-state index in [9.17, 15) is 4.79 Å². The van der Waals surface area contributed by atoms with Crippen LogP contribution in [-0.2, 0) is 0 Å². The molecule has 0 saturated carbocycles. The standard InChI is InChI=1S/C21H17BrClN5O/c22-16-13-26-28-19(24-10-11-25-21(29)14-6-2-1-3-7-14)12-18(27-20(16)28)15-8-4-5-9-17(15)23/h1-9,12-13,24H,10-11H2,(H,25,29). The molecule has 2 aromatic carbocycles. The first-order valence-corrected chi connectivity index (χ1v) is 10.2. The zero-order valence-electron chi connectivity index (χ0n) is 15.3. The van der Waals surface area contributed by atoms with Crippen molar-refractivity contribution in [2.75, 3.05) is 18.4 Å². The molecule has 0 saturated heterocycles. The minimum Gasteiger partial charge on any atom is -0.368 e. The summed E-state index contributed by atoms with van der Waals surface area (Å²) in [6, 6.07) is 18.6. The van der Waals surface area contributed by atoms with E-state index in [4.69, 9.17) is 11.6 Å². The van der Waals surface area contributed by atoms with E-state index in [0.29, 0.717) is 29.3 Å². The largest absolute Gasteiger partial charge is 0.368 e. The number of carbonyl (C=O) groups excluding carboxylic acids is 1. The van der Waals surface area contributed by atoms with E-state index in [1.54, 1.807) is 22.8 Å². The molecule has 0 aliphatic rings. The molecule has 0 bridgehead atoms. The Morgan fingerprint density at radius 3 is 2.62 bits per heavy atom. The Bertz CT molecular complexity index is 1160. The van der Waals surface area contributed by atoms with E-state index in [-0.39, 0.29) is 5.91 Å². The predicted octanol–water partition coefficient (Wildman–Crippen LogP) is 4.65. The first-order valence-electron chi connectivity index (χ1n) is 9.00. The monoisotopic (exact) mass is 469 g/mol. The van der Waals surface area contributed by atoms with Gasteiger partial charge in [0.25, 0.3) is 5.91 Å². The van der Waals surface area contributed by atoms with Gasteiger partial charge < -0.3 is 10.6 Å². The van der Waals surface area contributed by atoms with Crippen LogP contribution in [0.3, 0.4) is 0 Å². The summed E-state index contributed by atoms with van der Waals surface area (Å²) in [5, 5.41) is 11.2. The van der Waals surface area contributed by atoms with Gasteiger partial charge in [0.2, 0.25) is 0 Å². The van der Waals surface area contributed by atoms with Crippen molar-refractivity contribution >= 4 is 44.9 Å². The lowest BCUT2D eigenvalue weighted by Crippen LogP contribution is -2.29. The maximum absolute atomic E-state index is 12.2. The molecule has 29 heavy (non-hydrogen) atoms. The van der Waals surface area contributed by atoms with Gasteiger partial charge in [-0.15, -0.1) is 0 Å². The number of hydrogen-bond donors (Lipinski definition) is 2. The second-order valence-corrected chi connectivity index (χ2v) is 7.54. The van der Waals surface area contributed by atoms with Crippen molar-refractivity contribution in [3.05, 3.63) is 81.9 Å². The van der Waals surface area contributed by atoms with Crippen molar-refractivity contribution in [3.63, 3.8) is 0 Å². The second kappa shape index (κ2) is 8.63. The minimum atomic E-state index is -0.106. The van der Waals surface area contributed by atoms with Crippen molar-refractivity contribution in [2.45, 2.75) is 0 Å². The molecule has 0 aliphatic carbocycles. The first kappa shape index (κ1) is 19.4. The normalized spacial score (nSPS) is 10.8. The predicted molar refractivity (Wildman–Crippen MR) is 118 cm³/mol. The molecule has 6 nitrogen and oxygen atoms in total. The number of hydrogen-bond acceptors (Lipinski definition) is 4. The van der Waals surface area contributed by atoms with Gasteiger partial charge in [-0.2, -0.15) is 9.61 Å². The number of aromatic nitrogens is 3. The molecule has 2 aromatic heterocycles. The van der Waals surface area contributed by atoms with Crippen LogP contribution >= 0.6 is 27.5 Å². The Balaban J connectivity index is 1.52. The third-order valence-corrected chi connectivity index (χ3v) is 5.22. The highest BCUT2D eigenvalue weighted by molar-refractivity contribution is 9.10. The van der Waals surface area contributed by atoms with Gasteiger partial charge in [-0.1, -0.05) is 48.0 Å². The molecule has 4 aromatic rings. The lowest BCUT2D eigenvalue weighted by atomic mass is 10.1. The van der Waals surface area contributed by atoms with Crippen LogP contribution in [0.5, 0.6) is 0 Å². The van der Waals surface area contributed by atoms with E-state index in [1.165, 1.54) is 0 Å². The van der Waals surface area contributed by atoms with Crippen LogP contribution in [0.15, 0.2) is 71.3 Å². The van der Waals surface area contributed by atoms with E-state index in [2.05, 4.69) is 36.6 Å². The zero-order valence-corrected chi connectivity index (χ0v) is 17.6. The summed E-state index contributed by atoms with van der Waals surface area (Å²) in [6.45, 7) is 0.985. The fourth-order valence-corrected chi connectivity index (χ4v) is 3.51. The lowest BCUT2D eigenvalue weighted by molar-refractivity contribution is 0.0955. The van der Waals surface area contributed by atoms with Crippen molar-refractivity contribution in [3.8, 4) is 11.3 Å². The third-order valence-electron chi connectivity index (χ3n) is 4.33. The Labute approximate surface area is 181 Å².